The van der Waals surface area contributed by atoms with Gasteiger partial charge in [0.05, 0.1) is 12.7 Å². The largest absolute Gasteiger partial charge is 0.366 e. The third-order valence-corrected chi connectivity index (χ3v) is 8.18. The summed E-state index contributed by atoms with van der Waals surface area (Å²) in [5, 5.41) is 13.5. The van der Waals surface area contributed by atoms with Gasteiger partial charge >= 0.3 is 0 Å². The Morgan fingerprint density at radius 1 is 1.08 bits per heavy atom. The maximum Gasteiger partial charge on any atom is 0.272 e. The van der Waals surface area contributed by atoms with Gasteiger partial charge in [-0.1, -0.05) is 92.8 Å². The van der Waals surface area contributed by atoms with Crippen LogP contribution in [0.2, 0.25) is 0 Å². The van der Waals surface area contributed by atoms with Crippen LogP contribution in [0.4, 0.5) is 0 Å². The molecule has 0 aromatic heterocycles. The van der Waals surface area contributed by atoms with Crippen molar-refractivity contribution in [3.63, 3.8) is 0 Å². The van der Waals surface area contributed by atoms with E-state index in [2.05, 4.69) is 33.0 Å². The monoisotopic (exact) mass is 565 g/mol. The van der Waals surface area contributed by atoms with Crippen LogP contribution in [0.5, 0.6) is 0 Å². The highest BCUT2D eigenvalue weighted by Crippen LogP contribution is 2.41. The van der Waals surface area contributed by atoms with E-state index >= 15 is 0 Å². The topological polar surface area (TPSA) is 95.5 Å². The minimum atomic E-state index is -2.24. The molecule has 11 unspecified atom stereocenters. The smallest absolute Gasteiger partial charge is 0.272 e. The number of rotatable bonds is 5. The predicted molar refractivity (Wildman–Crippen MR) is 134 cm³/mol. The molecule has 0 bridgehead atoms. The van der Waals surface area contributed by atoms with Crippen molar-refractivity contribution >= 4 is 40.7 Å². The number of nitrogens with one attached hydrogen (secondary N) is 1. The number of halogens is 3. The summed E-state index contributed by atoms with van der Waals surface area (Å²) < 4.78 is 28.7. The van der Waals surface area contributed by atoms with Gasteiger partial charge in [0.2, 0.25) is 0 Å². The molecule has 1 aromatic rings. The molecular weight excluding hydrogens is 533 g/mol. The van der Waals surface area contributed by atoms with Crippen LogP contribution in [0.3, 0.4) is 0 Å². The Bertz CT molecular complexity index is 886. The molecule has 2 N–H and O–H groups in total. The number of amides is 1. The van der Waals surface area contributed by atoms with Gasteiger partial charge in [-0.15, -0.1) is 0 Å². The molecule has 0 spiro atoms. The number of carbonyl (C=O) groups is 1. The summed E-state index contributed by atoms with van der Waals surface area (Å²) in [4.78, 5) is 12.6. The first-order chi connectivity index (χ1) is 17.0. The SMILES string of the molecule is CCC1OC(OC2C(NC(=O)C(Cl)(Cl)Cl)C(O)OC3COC(c4ccccc4)OC32)C(C)C(C)C1C. The van der Waals surface area contributed by atoms with Crippen molar-refractivity contribution in [3.05, 3.63) is 35.9 Å². The van der Waals surface area contributed by atoms with Gasteiger partial charge in [0.1, 0.15) is 24.4 Å². The Hall–Kier alpha value is -0.680. The summed E-state index contributed by atoms with van der Waals surface area (Å²) in [6, 6.07) is 8.37. The average Bonchev–Trinajstić information content (AvgIpc) is 2.85. The normalized spacial score (nSPS) is 41.4. The first-order valence-corrected chi connectivity index (χ1v) is 13.5. The van der Waals surface area contributed by atoms with Crippen molar-refractivity contribution in [3.8, 4) is 0 Å². The number of hydrogen-bond donors (Lipinski definition) is 2. The van der Waals surface area contributed by atoms with E-state index in [-0.39, 0.29) is 18.6 Å². The summed E-state index contributed by atoms with van der Waals surface area (Å²) >= 11 is 17.4. The Balaban J connectivity index is 1.63. The summed E-state index contributed by atoms with van der Waals surface area (Å²) in [6.07, 6.45) is -4.15. The number of alkyl halides is 3. The van der Waals surface area contributed by atoms with Gasteiger partial charge in [-0.3, -0.25) is 4.79 Å². The van der Waals surface area contributed by atoms with Crippen molar-refractivity contribution in [2.75, 3.05) is 6.61 Å². The molecular formula is C25H34Cl3NO7. The first kappa shape index (κ1) is 28.3. The number of hydrogen-bond acceptors (Lipinski definition) is 7. The van der Waals surface area contributed by atoms with E-state index in [1.807, 2.05) is 30.3 Å². The van der Waals surface area contributed by atoms with Crippen LogP contribution in [0.1, 0.15) is 46.0 Å². The zero-order chi connectivity index (χ0) is 26.2. The Labute approximate surface area is 226 Å². The molecule has 3 heterocycles. The second-order valence-corrected chi connectivity index (χ2v) is 12.1. The number of benzene rings is 1. The molecule has 8 nitrogen and oxygen atoms in total. The lowest BCUT2D eigenvalue weighted by atomic mass is 9.78. The molecule has 11 heteroatoms. The van der Waals surface area contributed by atoms with Gasteiger partial charge in [0.25, 0.3) is 9.70 Å². The fourth-order valence-corrected chi connectivity index (χ4v) is 5.34. The minimum absolute atomic E-state index is 0.00338. The maximum absolute atomic E-state index is 12.6. The number of fused-ring (bicyclic) bond motifs is 1. The highest BCUT2D eigenvalue weighted by atomic mass is 35.6. The van der Waals surface area contributed by atoms with E-state index in [0.717, 1.165) is 12.0 Å². The van der Waals surface area contributed by atoms with Crippen molar-refractivity contribution < 1.29 is 33.6 Å². The fraction of sp³-hybridized carbons (Fsp3) is 0.720. The number of aliphatic hydroxyl groups is 1. The van der Waals surface area contributed by atoms with Crippen molar-refractivity contribution in [2.45, 2.75) is 87.2 Å². The minimum Gasteiger partial charge on any atom is -0.366 e. The lowest BCUT2D eigenvalue weighted by Crippen LogP contribution is -2.68. The molecule has 1 aromatic carbocycles. The van der Waals surface area contributed by atoms with Gasteiger partial charge in [0.15, 0.2) is 18.9 Å². The first-order valence-electron chi connectivity index (χ1n) is 12.3. The Morgan fingerprint density at radius 2 is 1.78 bits per heavy atom. The Kier molecular flexibility index (Phi) is 9.13. The average molecular weight is 567 g/mol. The van der Waals surface area contributed by atoms with E-state index in [1.54, 1.807) is 0 Å². The molecule has 0 radical (unpaired) electrons. The molecule has 0 saturated carbocycles. The standard InChI is InChI=1S/C25H34Cl3NO7/c1-5-16-13(3)12(2)14(4)22(34-16)36-20-18(29-24(31)25(26,27)28)21(30)33-17-11-32-23(35-19(17)20)15-9-7-6-8-10-15/h6-10,12-14,16-23,30H,5,11H2,1-4H3,(H,29,31). The lowest BCUT2D eigenvalue weighted by Gasteiger charge is -2.51. The van der Waals surface area contributed by atoms with E-state index in [1.165, 1.54) is 0 Å². The predicted octanol–water partition coefficient (Wildman–Crippen LogP) is 4.10. The third-order valence-electron chi connectivity index (χ3n) is 7.66. The fourth-order valence-electron chi connectivity index (χ4n) is 5.18. The van der Waals surface area contributed by atoms with E-state index in [4.69, 9.17) is 58.5 Å². The van der Waals surface area contributed by atoms with E-state index in [0.29, 0.717) is 11.8 Å². The van der Waals surface area contributed by atoms with E-state index < -0.39 is 52.9 Å². The van der Waals surface area contributed by atoms with E-state index in [9.17, 15) is 9.90 Å². The van der Waals surface area contributed by atoms with Crippen molar-refractivity contribution in [2.24, 2.45) is 17.8 Å². The van der Waals surface area contributed by atoms with Crippen LogP contribution >= 0.6 is 34.8 Å². The molecule has 4 rings (SSSR count). The molecule has 3 fully saturated rings. The van der Waals surface area contributed by atoms with Crippen LogP contribution in [0, 0.1) is 17.8 Å². The van der Waals surface area contributed by atoms with Gasteiger partial charge < -0.3 is 34.1 Å². The van der Waals surface area contributed by atoms with Gasteiger partial charge in [-0.2, -0.15) is 0 Å². The van der Waals surface area contributed by atoms with Crippen molar-refractivity contribution in [1.29, 1.82) is 0 Å². The van der Waals surface area contributed by atoms with Gasteiger partial charge in [0, 0.05) is 11.5 Å². The molecule has 11 atom stereocenters. The highest BCUT2D eigenvalue weighted by molar-refractivity contribution is 6.76. The molecule has 3 aliphatic rings. The molecule has 36 heavy (non-hydrogen) atoms. The van der Waals surface area contributed by atoms with Crippen LogP contribution in [-0.4, -0.2) is 64.5 Å². The molecule has 0 aliphatic carbocycles. The summed E-state index contributed by atoms with van der Waals surface area (Å²) in [5.74, 6) is -0.212. The van der Waals surface area contributed by atoms with Crippen LogP contribution in [0.15, 0.2) is 30.3 Å². The summed E-state index contributed by atoms with van der Waals surface area (Å²) in [6.45, 7) is 8.65. The van der Waals surface area contributed by atoms with Crippen LogP contribution in [0.25, 0.3) is 0 Å². The molecule has 1 amide bonds. The number of carbonyl (C=O) groups excluding carboxylic acids is 1. The zero-order valence-corrected chi connectivity index (χ0v) is 23.0. The van der Waals surface area contributed by atoms with Crippen LogP contribution in [-0.2, 0) is 28.5 Å². The third kappa shape index (κ3) is 5.98. The lowest BCUT2D eigenvalue weighted by molar-refractivity contribution is -0.365. The zero-order valence-electron chi connectivity index (χ0n) is 20.7. The molecule has 3 aliphatic heterocycles. The highest BCUT2D eigenvalue weighted by Gasteiger charge is 2.53. The number of aliphatic hydroxyl groups excluding tert-OH is 1. The molecule has 202 valence electrons. The quantitative estimate of drug-likeness (QED) is 0.518. The van der Waals surface area contributed by atoms with Crippen molar-refractivity contribution in [1.82, 2.24) is 5.32 Å². The Morgan fingerprint density at radius 3 is 2.42 bits per heavy atom. The molecule has 3 saturated heterocycles. The van der Waals surface area contributed by atoms with Gasteiger partial charge in [-0.05, 0) is 18.3 Å². The van der Waals surface area contributed by atoms with Gasteiger partial charge in [-0.25, -0.2) is 0 Å². The number of ether oxygens (including phenoxy) is 5. The second-order valence-electron chi connectivity index (χ2n) is 9.87. The maximum atomic E-state index is 12.6. The summed E-state index contributed by atoms with van der Waals surface area (Å²) in [5.41, 5.74) is 0.818. The van der Waals surface area contributed by atoms with Crippen LogP contribution < -0.4 is 5.32 Å². The second kappa shape index (κ2) is 11.6. The summed E-state index contributed by atoms with van der Waals surface area (Å²) in [7, 11) is 0.